The van der Waals surface area contributed by atoms with Crippen molar-refractivity contribution in [2.75, 3.05) is 11.9 Å². The predicted octanol–water partition coefficient (Wildman–Crippen LogP) is 3.49. The smallest absolute Gasteiger partial charge is 0.347 e. The van der Waals surface area contributed by atoms with Crippen molar-refractivity contribution in [3.63, 3.8) is 0 Å². The fourth-order valence-corrected chi connectivity index (χ4v) is 2.39. The van der Waals surface area contributed by atoms with Gasteiger partial charge in [0.1, 0.15) is 5.75 Å². The SMILES string of the molecule is CCCC(=O)Nc1ccc(C(=O)COC(=O)[C@@H](C)Oc2ccc(C#N)cc2)cc1. The number of anilines is 1. The summed E-state index contributed by atoms with van der Waals surface area (Å²) in [5.41, 5.74) is 1.45. The van der Waals surface area contributed by atoms with Crippen molar-refractivity contribution < 1.29 is 23.9 Å². The first-order valence-electron chi connectivity index (χ1n) is 9.19. The van der Waals surface area contributed by atoms with Gasteiger partial charge in [0.15, 0.2) is 18.5 Å². The molecule has 7 nitrogen and oxygen atoms in total. The van der Waals surface area contributed by atoms with Crippen LogP contribution < -0.4 is 10.1 Å². The molecule has 0 radical (unpaired) electrons. The number of Topliss-reactive ketones (excluding diaryl/α,β-unsaturated/α-hetero) is 1. The van der Waals surface area contributed by atoms with Gasteiger partial charge in [0.2, 0.25) is 5.91 Å². The van der Waals surface area contributed by atoms with Crippen molar-refractivity contribution in [1.29, 1.82) is 5.26 Å². The van der Waals surface area contributed by atoms with Crippen LogP contribution in [-0.4, -0.2) is 30.4 Å². The zero-order valence-corrected chi connectivity index (χ0v) is 16.3. The lowest BCUT2D eigenvalue weighted by Crippen LogP contribution is -2.28. The Morgan fingerprint density at radius 1 is 1.07 bits per heavy atom. The number of amides is 1. The molecule has 0 saturated heterocycles. The molecule has 0 fully saturated rings. The van der Waals surface area contributed by atoms with Gasteiger partial charge >= 0.3 is 5.97 Å². The number of carbonyl (C=O) groups excluding carboxylic acids is 3. The Morgan fingerprint density at radius 2 is 1.72 bits per heavy atom. The summed E-state index contributed by atoms with van der Waals surface area (Å²) in [5, 5.41) is 11.5. The molecule has 7 heteroatoms. The van der Waals surface area contributed by atoms with E-state index in [1.807, 2.05) is 13.0 Å². The van der Waals surface area contributed by atoms with Crippen LogP contribution in [0.25, 0.3) is 0 Å². The number of rotatable bonds is 9. The molecule has 1 atom stereocenters. The Hall–Kier alpha value is -3.66. The van der Waals surface area contributed by atoms with E-state index >= 15 is 0 Å². The van der Waals surface area contributed by atoms with Crippen LogP contribution in [0.5, 0.6) is 5.75 Å². The molecule has 0 spiro atoms. The third-order valence-corrected chi connectivity index (χ3v) is 3.94. The lowest BCUT2D eigenvalue weighted by atomic mass is 10.1. The highest BCUT2D eigenvalue weighted by atomic mass is 16.6. The normalized spacial score (nSPS) is 11.1. The van der Waals surface area contributed by atoms with Crippen LogP contribution in [0, 0.1) is 11.3 Å². The summed E-state index contributed by atoms with van der Waals surface area (Å²) in [5.74, 6) is -0.709. The Morgan fingerprint density at radius 3 is 2.31 bits per heavy atom. The number of ether oxygens (including phenoxy) is 2. The topological polar surface area (TPSA) is 105 Å². The lowest BCUT2D eigenvalue weighted by molar-refractivity contribution is -0.149. The summed E-state index contributed by atoms with van der Waals surface area (Å²) in [6.45, 7) is 3.01. The molecule has 0 heterocycles. The Labute approximate surface area is 169 Å². The highest BCUT2D eigenvalue weighted by Gasteiger charge is 2.18. The summed E-state index contributed by atoms with van der Waals surface area (Å²) in [6, 6.07) is 14.7. The third-order valence-electron chi connectivity index (χ3n) is 3.94. The second-order valence-electron chi connectivity index (χ2n) is 6.30. The number of nitriles is 1. The fourth-order valence-electron chi connectivity index (χ4n) is 2.39. The summed E-state index contributed by atoms with van der Waals surface area (Å²) in [4.78, 5) is 35.8. The van der Waals surface area contributed by atoms with Crippen LogP contribution in [0.15, 0.2) is 48.5 Å². The number of hydrogen-bond acceptors (Lipinski definition) is 6. The van der Waals surface area contributed by atoms with Gasteiger partial charge in [0.05, 0.1) is 11.6 Å². The molecule has 0 aliphatic rings. The molecule has 0 saturated carbocycles. The minimum absolute atomic E-state index is 0.0863. The molecule has 0 aliphatic carbocycles. The van der Waals surface area contributed by atoms with Gasteiger partial charge < -0.3 is 14.8 Å². The monoisotopic (exact) mass is 394 g/mol. The molecule has 2 aromatic carbocycles. The predicted molar refractivity (Wildman–Crippen MR) is 107 cm³/mol. The number of nitrogens with zero attached hydrogens (tertiary/aromatic N) is 1. The number of carbonyl (C=O) groups is 3. The maximum absolute atomic E-state index is 12.2. The van der Waals surface area contributed by atoms with Gasteiger partial charge in [0.25, 0.3) is 0 Å². The van der Waals surface area contributed by atoms with E-state index in [2.05, 4.69) is 5.32 Å². The molecule has 1 N–H and O–H groups in total. The van der Waals surface area contributed by atoms with Crippen molar-refractivity contribution >= 4 is 23.3 Å². The first-order valence-corrected chi connectivity index (χ1v) is 9.19. The minimum Gasteiger partial charge on any atom is -0.479 e. The van der Waals surface area contributed by atoms with E-state index in [1.54, 1.807) is 48.5 Å². The van der Waals surface area contributed by atoms with Crippen molar-refractivity contribution in [3.05, 3.63) is 59.7 Å². The molecular formula is C22H22N2O5. The molecule has 0 bridgehead atoms. The second-order valence-corrected chi connectivity index (χ2v) is 6.30. The van der Waals surface area contributed by atoms with Gasteiger partial charge in [-0.25, -0.2) is 4.79 Å². The number of benzene rings is 2. The molecule has 29 heavy (non-hydrogen) atoms. The highest BCUT2D eigenvalue weighted by Crippen LogP contribution is 2.14. The first-order chi connectivity index (χ1) is 13.9. The standard InChI is InChI=1S/C22H22N2O5/c1-3-4-21(26)24-18-9-7-17(8-10-18)20(25)14-28-22(27)15(2)29-19-11-5-16(13-23)6-12-19/h5-12,15H,3-4,14H2,1-2H3,(H,24,26)/t15-/m1/s1. The molecule has 0 unspecified atom stereocenters. The van der Waals surface area contributed by atoms with E-state index in [-0.39, 0.29) is 11.7 Å². The van der Waals surface area contributed by atoms with Crippen LogP contribution in [0.2, 0.25) is 0 Å². The summed E-state index contributed by atoms with van der Waals surface area (Å²) >= 11 is 0. The van der Waals surface area contributed by atoms with Crippen LogP contribution in [0.3, 0.4) is 0 Å². The molecule has 150 valence electrons. The molecule has 2 aromatic rings. The molecule has 1 amide bonds. The number of hydrogen-bond donors (Lipinski definition) is 1. The first kappa shape index (κ1) is 21.6. The average Bonchev–Trinajstić information content (AvgIpc) is 2.73. The van der Waals surface area contributed by atoms with Gasteiger partial charge in [-0.05, 0) is 61.9 Å². The summed E-state index contributed by atoms with van der Waals surface area (Å²) in [6.07, 6.45) is 0.271. The van der Waals surface area contributed by atoms with Gasteiger partial charge in [-0.3, -0.25) is 9.59 Å². The molecular weight excluding hydrogens is 372 g/mol. The zero-order chi connectivity index (χ0) is 21.2. The van der Waals surface area contributed by atoms with E-state index in [1.165, 1.54) is 6.92 Å². The largest absolute Gasteiger partial charge is 0.479 e. The highest BCUT2D eigenvalue weighted by molar-refractivity contribution is 5.99. The number of esters is 1. The van der Waals surface area contributed by atoms with Gasteiger partial charge in [0, 0.05) is 17.7 Å². The maximum Gasteiger partial charge on any atom is 0.347 e. The van der Waals surface area contributed by atoms with E-state index in [0.29, 0.717) is 29.0 Å². The van der Waals surface area contributed by atoms with Crippen LogP contribution >= 0.6 is 0 Å². The third kappa shape index (κ3) is 6.78. The summed E-state index contributed by atoms with van der Waals surface area (Å²) < 4.78 is 10.5. The minimum atomic E-state index is -0.910. The lowest BCUT2D eigenvalue weighted by Gasteiger charge is -2.13. The number of ketones is 1. The molecule has 2 rings (SSSR count). The van der Waals surface area contributed by atoms with Gasteiger partial charge in [-0.2, -0.15) is 5.26 Å². The van der Waals surface area contributed by atoms with Crippen LogP contribution in [-0.2, 0) is 14.3 Å². The molecule has 0 aliphatic heterocycles. The van der Waals surface area contributed by atoms with Crippen molar-refractivity contribution in [3.8, 4) is 11.8 Å². The van der Waals surface area contributed by atoms with Crippen molar-refractivity contribution in [2.45, 2.75) is 32.8 Å². The number of nitrogens with one attached hydrogen (secondary N) is 1. The quantitative estimate of drug-likeness (QED) is 0.515. The van der Waals surface area contributed by atoms with E-state index < -0.39 is 18.7 Å². The maximum atomic E-state index is 12.2. The van der Waals surface area contributed by atoms with Gasteiger partial charge in [-0.15, -0.1) is 0 Å². The van der Waals surface area contributed by atoms with E-state index in [0.717, 1.165) is 6.42 Å². The summed E-state index contributed by atoms with van der Waals surface area (Å²) in [7, 11) is 0. The van der Waals surface area contributed by atoms with Crippen LogP contribution in [0.1, 0.15) is 42.6 Å². The van der Waals surface area contributed by atoms with E-state index in [4.69, 9.17) is 14.7 Å². The van der Waals surface area contributed by atoms with Crippen LogP contribution in [0.4, 0.5) is 5.69 Å². The Kier molecular flexibility index (Phi) is 7.92. The van der Waals surface area contributed by atoms with Crippen molar-refractivity contribution in [2.24, 2.45) is 0 Å². The van der Waals surface area contributed by atoms with Gasteiger partial charge in [-0.1, -0.05) is 6.92 Å². The average molecular weight is 394 g/mol. The zero-order valence-electron chi connectivity index (χ0n) is 16.3. The van der Waals surface area contributed by atoms with E-state index in [9.17, 15) is 14.4 Å². The Bertz CT molecular complexity index is 898. The fraction of sp³-hybridized carbons (Fsp3) is 0.273. The van der Waals surface area contributed by atoms with Crippen molar-refractivity contribution in [1.82, 2.24) is 0 Å². The Balaban J connectivity index is 1.83. The molecule has 0 aromatic heterocycles. The second kappa shape index (κ2) is 10.6.